The molecule has 0 spiro atoms. The van der Waals surface area contributed by atoms with Crippen LogP contribution in [0.15, 0.2) is 54.7 Å². The first-order chi connectivity index (χ1) is 17.0. The Morgan fingerprint density at radius 3 is 2.86 bits per heavy atom. The average molecular weight is 467 g/mol. The summed E-state index contributed by atoms with van der Waals surface area (Å²) in [6.07, 6.45) is 2.37. The highest BCUT2D eigenvalue weighted by atomic mass is 16.5. The number of carbonyl (C=O) groups is 3. The van der Waals surface area contributed by atoms with E-state index in [1.54, 1.807) is 47.4 Å². The van der Waals surface area contributed by atoms with E-state index in [1.165, 1.54) is 4.90 Å². The molecular weight excluding hydrogens is 446 g/mol. The number of ether oxygens (including phenoxy) is 1. The van der Waals surface area contributed by atoms with Gasteiger partial charge < -0.3 is 14.5 Å². The quantitative estimate of drug-likeness (QED) is 0.546. The van der Waals surface area contributed by atoms with Crippen molar-refractivity contribution in [1.29, 1.82) is 5.26 Å². The highest BCUT2D eigenvalue weighted by Gasteiger charge is 2.62. The van der Waals surface area contributed by atoms with E-state index in [-0.39, 0.29) is 36.3 Å². The Morgan fingerprint density at radius 1 is 1.20 bits per heavy atom. The summed E-state index contributed by atoms with van der Waals surface area (Å²) in [5.41, 5.74) is 2.06. The van der Waals surface area contributed by atoms with Gasteiger partial charge in [-0.3, -0.25) is 14.6 Å². The lowest BCUT2D eigenvalue weighted by Gasteiger charge is -2.35. The van der Waals surface area contributed by atoms with Crippen LogP contribution in [0, 0.1) is 11.3 Å². The Hall–Kier alpha value is -4.45. The number of hydrogen-bond acceptors (Lipinski definition) is 6. The van der Waals surface area contributed by atoms with E-state index in [0.717, 1.165) is 5.56 Å². The van der Waals surface area contributed by atoms with Crippen molar-refractivity contribution in [2.24, 2.45) is 0 Å². The Kier molecular flexibility index (Phi) is 4.71. The molecule has 3 fully saturated rings. The number of nitriles is 1. The number of likely N-dealkylation sites (tertiary alicyclic amines) is 1. The summed E-state index contributed by atoms with van der Waals surface area (Å²) in [6, 6.07) is 14.5. The molecule has 3 aliphatic heterocycles. The molecule has 9 heteroatoms. The molecule has 3 aliphatic rings. The van der Waals surface area contributed by atoms with Crippen LogP contribution >= 0.6 is 0 Å². The first-order valence-electron chi connectivity index (χ1n) is 11.4. The Labute approximate surface area is 201 Å². The Bertz CT molecular complexity index is 1450. The number of urea groups is 1. The van der Waals surface area contributed by atoms with Gasteiger partial charge in [0, 0.05) is 18.1 Å². The maximum atomic E-state index is 13.6. The van der Waals surface area contributed by atoms with Crippen LogP contribution < -0.4 is 9.64 Å². The fourth-order valence-electron chi connectivity index (χ4n) is 5.67. The van der Waals surface area contributed by atoms with Gasteiger partial charge in [0.1, 0.15) is 17.9 Å². The second kappa shape index (κ2) is 7.81. The van der Waals surface area contributed by atoms with Crippen molar-refractivity contribution >= 4 is 34.4 Å². The number of amides is 4. The van der Waals surface area contributed by atoms with Crippen molar-refractivity contribution in [2.45, 2.75) is 31.0 Å². The third kappa shape index (κ3) is 3.06. The van der Waals surface area contributed by atoms with Crippen molar-refractivity contribution < 1.29 is 19.1 Å². The largest absolute Gasteiger partial charge is 0.497 e. The van der Waals surface area contributed by atoms with E-state index in [9.17, 15) is 19.6 Å². The molecule has 174 valence electrons. The highest BCUT2D eigenvalue weighted by molar-refractivity contribution is 6.25. The number of methoxy groups -OCH3 is 1. The number of carbonyl (C=O) groups excluding carboxylic acids is 3. The molecule has 2 aromatic carbocycles. The second-order valence-corrected chi connectivity index (χ2v) is 8.98. The number of anilines is 1. The summed E-state index contributed by atoms with van der Waals surface area (Å²) in [4.78, 5) is 49.1. The molecular formula is C26H21N5O4. The first-order valence-corrected chi connectivity index (χ1v) is 11.4. The van der Waals surface area contributed by atoms with Crippen molar-refractivity contribution in [3.63, 3.8) is 0 Å². The van der Waals surface area contributed by atoms with Gasteiger partial charge in [0.25, 0.3) is 5.91 Å². The minimum atomic E-state index is -0.710. The van der Waals surface area contributed by atoms with Gasteiger partial charge in [-0.25, -0.2) is 9.69 Å². The minimum Gasteiger partial charge on any atom is -0.497 e. The lowest BCUT2D eigenvalue weighted by atomic mass is 10.1. The standard InChI is InChI=1S/C26H21N5O4/c1-35-18-5-2-4-15(10-18)11-22(32)29-14-17-12-21(29)24-25(33)31(26(34)30(17)24)20-8-7-16(13-27)23-19(20)6-3-9-28-23/h2-10,17,21,24H,11-12,14H2,1H3/t17-,21?,24+/m1/s1. The third-order valence-corrected chi connectivity index (χ3v) is 7.18. The van der Waals surface area contributed by atoms with Gasteiger partial charge in [0.05, 0.1) is 42.4 Å². The normalized spacial score (nSPS) is 22.6. The number of nitrogens with zero attached hydrogens (tertiary/aromatic N) is 5. The second-order valence-electron chi connectivity index (χ2n) is 8.98. The lowest BCUT2D eigenvalue weighted by Crippen LogP contribution is -2.55. The molecule has 3 saturated heterocycles. The molecule has 9 nitrogen and oxygen atoms in total. The van der Waals surface area contributed by atoms with Crippen molar-refractivity contribution in [3.8, 4) is 11.8 Å². The number of hydrogen-bond donors (Lipinski definition) is 0. The van der Waals surface area contributed by atoms with Gasteiger partial charge in [-0.05, 0) is 48.4 Å². The fraction of sp³-hybridized carbons (Fsp3) is 0.269. The molecule has 0 radical (unpaired) electrons. The molecule has 3 aromatic rings. The van der Waals surface area contributed by atoms with Gasteiger partial charge in [0.2, 0.25) is 5.91 Å². The van der Waals surface area contributed by atoms with E-state index >= 15 is 0 Å². The van der Waals surface area contributed by atoms with Crippen LogP contribution in [0.4, 0.5) is 10.5 Å². The van der Waals surface area contributed by atoms with Crippen LogP contribution in [0.1, 0.15) is 17.5 Å². The summed E-state index contributed by atoms with van der Waals surface area (Å²) in [5.74, 6) is 0.258. The summed E-state index contributed by atoms with van der Waals surface area (Å²) in [7, 11) is 1.58. The molecule has 4 heterocycles. The summed E-state index contributed by atoms with van der Waals surface area (Å²) in [6.45, 7) is 0.409. The third-order valence-electron chi connectivity index (χ3n) is 7.18. The monoisotopic (exact) mass is 467 g/mol. The maximum absolute atomic E-state index is 13.6. The van der Waals surface area contributed by atoms with Crippen molar-refractivity contribution in [3.05, 3.63) is 65.9 Å². The smallest absolute Gasteiger partial charge is 0.332 e. The zero-order valence-corrected chi connectivity index (χ0v) is 18.9. The number of benzene rings is 2. The van der Waals surface area contributed by atoms with Gasteiger partial charge in [-0.15, -0.1) is 0 Å². The molecule has 0 N–H and O–H groups in total. The molecule has 6 rings (SSSR count). The molecule has 2 bridgehead atoms. The molecule has 1 aromatic heterocycles. The van der Waals surface area contributed by atoms with E-state index in [2.05, 4.69) is 11.1 Å². The van der Waals surface area contributed by atoms with E-state index in [1.807, 2.05) is 24.3 Å². The number of aromatic nitrogens is 1. The average Bonchev–Trinajstić information content (AvgIpc) is 3.55. The SMILES string of the molecule is COc1cccc(CC(=O)N2C[C@H]3CC2[C@H]2C(=O)N(c4ccc(C#N)c5ncccc45)C(=O)N32)c1. The predicted octanol–water partition coefficient (Wildman–Crippen LogP) is 2.48. The predicted molar refractivity (Wildman–Crippen MR) is 126 cm³/mol. The van der Waals surface area contributed by atoms with Gasteiger partial charge in [-0.2, -0.15) is 5.26 Å². The molecule has 1 unspecified atom stereocenters. The number of rotatable bonds is 4. The summed E-state index contributed by atoms with van der Waals surface area (Å²) in [5, 5.41) is 9.99. The van der Waals surface area contributed by atoms with E-state index in [0.29, 0.717) is 40.9 Å². The minimum absolute atomic E-state index is 0.0721. The summed E-state index contributed by atoms with van der Waals surface area (Å²) >= 11 is 0. The van der Waals surface area contributed by atoms with E-state index < -0.39 is 6.04 Å². The topological polar surface area (TPSA) is 107 Å². The van der Waals surface area contributed by atoms with Crippen LogP contribution in [-0.4, -0.2) is 64.4 Å². The molecule has 0 aliphatic carbocycles. The maximum Gasteiger partial charge on any atom is 0.332 e. The number of fused-ring (bicyclic) bond motifs is 6. The molecule has 35 heavy (non-hydrogen) atoms. The zero-order valence-electron chi connectivity index (χ0n) is 18.9. The highest BCUT2D eigenvalue weighted by Crippen LogP contribution is 2.43. The van der Waals surface area contributed by atoms with Crippen molar-refractivity contribution in [1.82, 2.24) is 14.8 Å². The van der Waals surface area contributed by atoms with Crippen LogP contribution in [0.2, 0.25) is 0 Å². The summed E-state index contributed by atoms with van der Waals surface area (Å²) < 4.78 is 5.25. The van der Waals surface area contributed by atoms with Crippen molar-refractivity contribution in [2.75, 3.05) is 18.6 Å². The number of imide groups is 1. The number of piperazine rings is 1. The first kappa shape index (κ1) is 21.1. The van der Waals surface area contributed by atoms with Crippen LogP contribution in [-0.2, 0) is 16.0 Å². The van der Waals surface area contributed by atoms with E-state index in [4.69, 9.17) is 4.74 Å². The van der Waals surface area contributed by atoms with Gasteiger partial charge in [-0.1, -0.05) is 12.1 Å². The molecule has 4 amide bonds. The number of pyridine rings is 1. The van der Waals surface area contributed by atoms with Crippen LogP contribution in [0.25, 0.3) is 10.9 Å². The molecule has 3 atom stereocenters. The van der Waals surface area contributed by atoms with Gasteiger partial charge in [0.15, 0.2) is 0 Å². The fourth-order valence-corrected chi connectivity index (χ4v) is 5.67. The van der Waals surface area contributed by atoms with Crippen LogP contribution in [0.3, 0.4) is 0 Å². The Morgan fingerprint density at radius 2 is 2.06 bits per heavy atom. The zero-order chi connectivity index (χ0) is 24.3. The lowest BCUT2D eigenvalue weighted by molar-refractivity contribution is -0.135. The van der Waals surface area contributed by atoms with Gasteiger partial charge >= 0.3 is 6.03 Å². The van der Waals surface area contributed by atoms with Crippen LogP contribution in [0.5, 0.6) is 5.75 Å². The molecule has 0 saturated carbocycles. The Balaban J connectivity index is 1.30.